The number of amides is 2. The predicted molar refractivity (Wildman–Crippen MR) is 87.6 cm³/mol. The molecule has 0 aromatic heterocycles. The number of anilines is 1. The number of para-hydroxylation sites is 1. The number of carbonyl (C=O) groups is 1. The van der Waals surface area contributed by atoms with Crippen molar-refractivity contribution in [2.45, 2.75) is 39.8 Å². The van der Waals surface area contributed by atoms with Crippen LogP contribution in [-0.4, -0.2) is 43.3 Å². The standard InChI is InChI=1S/C17H24F2N2O3/c1-11(2)9-13-10-23-8-7-21(13)17(22)20-15-12(3)5-4-6-14(15)24-16(18)19/h4-6,11,13,16H,7-10H2,1-3H3,(H,20,22). The van der Waals surface area contributed by atoms with Crippen LogP contribution < -0.4 is 10.1 Å². The third-order valence-corrected chi connectivity index (χ3v) is 3.91. The Bertz CT molecular complexity index is 567. The van der Waals surface area contributed by atoms with E-state index in [4.69, 9.17) is 4.74 Å². The molecule has 1 aromatic rings. The number of hydrogen-bond acceptors (Lipinski definition) is 3. The SMILES string of the molecule is Cc1cccc(OC(F)F)c1NC(=O)N1CCOCC1CC(C)C. The van der Waals surface area contributed by atoms with Crippen LogP contribution in [0.4, 0.5) is 19.3 Å². The highest BCUT2D eigenvalue weighted by atomic mass is 19.3. The van der Waals surface area contributed by atoms with Gasteiger partial charge in [-0.25, -0.2) is 4.79 Å². The first-order valence-corrected chi connectivity index (χ1v) is 8.08. The Kier molecular flexibility index (Phi) is 6.36. The van der Waals surface area contributed by atoms with E-state index in [1.807, 2.05) is 0 Å². The fourth-order valence-corrected chi connectivity index (χ4v) is 2.84. The van der Waals surface area contributed by atoms with Crippen molar-refractivity contribution in [3.05, 3.63) is 23.8 Å². The summed E-state index contributed by atoms with van der Waals surface area (Å²) in [5, 5.41) is 2.73. The fourth-order valence-electron chi connectivity index (χ4n) is 2.84. The first kappa shape index (κ1) is 18.4. The number of nitrogens with one attached hydrogen (secondary N) is 1. The Morgan fingerprint density at radius 3 is 2.88 bits per heavy atom. The third kappa shape index (κ3) is 4.80. The number of hydrogen-bond donors (Lipinski definition) is 1. The van der Waals surface area contributed by atoms with Gasteiger partial charge in [-0.15, -0.1) is 0 Å². The second kappa shape index (κ2) is 8.28. The van der Waals surface area contributed by atoms with Gasteiger partial charge in [0.25, 0.3) is 0 Å². The number of alkyl halides is 2. The average Bonchev–Trinajstić information content (AvgIpc) is 2.50. The van der Waals surface area contributed by atoms with Gasteiger partial charge in [0, 0.05) is 6.54 Å². The molecule has 24 heavy (non-hydrogen) atoms. The molecule has 1 heterocycles. The minimum atomic E-state index is -2.94. The van der Waals surface area contributed by atoms with Crippen molar-refractivity contribution in [1.29, 1.82) is 0 Å². The number of carbonyl (C=O) groups excluding carboxylic acids is 1. The normalized spacial score (nSPS) is 18.1. The molecular formula is C17H24F2N2O3. The summed E-state index contributed by atoms with van der Waals surface area (Å²) in [6.45, 7) is 4.38. The lowest BCUT2D eigenvalue weighted by Crippen LogP contribution is -2.50. The molecule has 1 aliphatic rings. The lowest BCUT2D eigenvalue weighted by Gasteiger charge is -2.36. The number of halogens is 2. The Labute approximate surface area is 140 Å². The van der Waals surface area contributed by atoms with Crippen molar-refractivity contribution in [2.24, 2.45) is 5.92 Å². The van der Waals surface area contributed by atoms with E-state index < -0.39 is 6.61 Å². The van der Waals surface area contributed by atoms with E-state index in [0.717, 1.165) is 6.42 Å². The van der Waals surface area contributed by atoms with Crippen LogP contribution in [0.25, 0.3) is 0 Å². The van der Waals surface area contributed by atoms with Crippen molar-refractivity contribution in [1.82, 2.24) is 4.90 Å². The minimum Gasteiger partial charge on any atom is -0.433 e. The van der Waals surface area contributed by atoms with E-state index in [9.17, 15) is 13.6 Å². The number of rotatable bonds is 5. The topological polar surface area (TPSA) is 50.8 Å². The number of ether oxygens (including phenoxy) is 2. The average molecular weight is 342 g/mol. The molecular weight excluding hydrogens is 318 g/mol. The lowest BCUT2D eigenvalue weighted by molar-refractivity contribution is -0.0494. The number of benzene rings is 1. The highest BCUT2D eigenvalue weighted by Crippen LogP contribution is 2.30. The number of morpholine rings is 1. The van der Waals surface area contributed by atoms with Gasteiger partial charge in [0.1, 0.15) is 5.75 Å². The van der Waals surface area contributed by atoms with E-state index >= 15 is 0 Å². The first-order chi connectivity index (χ1) is 11.4. The number of nitrogens with zero attached hydrogens (tertiary/aromatic N) is 1. The summed E-state index contributed by atoms with van der Waals surface area (Å²) >= 11 is 0. The van der Waals surface area contributed by atoms with Crippen molar-refractivity contribution < 1.29 is 23.0 Å². The Morgan fingerprint density at radius 1 is 1.46 bits per heavy atom. The van der Waals surface area contributed by atoms with Crippen LogP contribution in [0, 0.1) is 12.8 Å². The van der Waals surface area contributed by atoms with Crippen molar-refractivity contribution >= 4 is 11.7 Å². The van der Waals surface area contributed by atoms with E-state index in [0.29, 0.717) is 31.2 Å². The second-order valence-electron chi connectivity index (χ2n) is 6.31. The van der Waals surface area contributed by atoms with Crippen LogP contribution in [0.5, 0.6) is 5.75 Å². The second-order valence-corrected chi connectivity index (χ2v) is 6.31. The lowest BCUT2D eigenvalue weighted by atomic mass is 10.0. The van der Waals surface area contributed by atoms with E-state index in [-0.39, 0.29) is 23.5 Å². The molecule has 2 amide bonds. The molecule has 1 saturated heterocycles. The molecule has 0 radical (unpaired) electrons. The number of aryl methyl sites for hydroxylation is 1. The van der Waals surface area contributed by atoms with Crippen LogP contribution in [0.2, 0.25) is 0 Å². The van der Waals surface area contributed by atoms with Crippen molar-refractivity contribution in [2.75, 3.05) is 25.1 Å². The summed E-state index contributed by atoms with van der Waals surface area (Å²) in [7, 11) is 0. The molecule has 7 heteroatoms. The molecule has 5 nitrogen and oxygen atoms in total. The highest BCUT2D eigenvalue weighted by molar-refractivity contribution is 5.92. The smallest absolute Gasteiger partial charge is 0.387 e. The van der Waals surface area contributed by atoms with Crippen molar-refractivity contribution in [3.8, 4) is 5.75 Å². The van der Waals surface area contributed by atoms with Gasteiger partial charge in [0.05, 0.1) is 24.9 Å². The maximum absolute atomic E-state index is 12.7. The fraction of sp³-hybridized carbons (Fsp3) is 0.588. The van der Waals surface area contributed by atoms with Crippen LogP contribution in [0.15, 0.2) is 18.2 Å². The molecule has 0 saturated carbocycles. The Balaban J connectivity index is 2.16. The van der Waals surface area contributed by atoms with Gasteiger partial charge in [0.15, 0.2) is 0 Å². The van der Waals surface area contributed by atoms with Gasteiger partial charge < -0.3 is 19.7 Å². The predicted octanol–water partition coefficient (Wildman–Crippen LogP) is 3.88. The van der Waals surface area contributed by atoms with Crippen LogP contribution in [0.3, 0.4) is 0 Å². The zero-order valence-electron chi connectivity index (χ0n) is 14.2. The molecule has 0 spiro atoms. The Hall–Kier alpha value is -1.89. The van der Waals surface area contributed by atoms with Crippen LogP contribution in [0.1, 0.15) is 25.8 Å². The summed E-state index contributed by atoms with van der Waals surface area (Å²) in [6, 6.07) is 4.41. The molecule has 0 bridgehead atoms. The maximum atomic E-state index is 12.7. The van der Waals surface area contributed by atoms with Gasteiger partial charge in [-0.2, -0.15) is 8.78 Å². The zero-order valence-corrected chi connectivity index (χ0v) is 14.2. The van der Waals surface area contributed by atoms with Crippen LogP contribution in [-0.2, 0) is 4.74 Å². The molecule has 1 unspecified atom stereocenters. The van der Waals surface area contributed by atoms with Gasteiger partial charge in [0.2, 0.25) is 0 Å². The third-order valence-electron chi connectivity index (χ3n) is 3.91. The quantitative estimate of drug-likeness (QED) is 0.884. The van der Waals surface area contributed by atoms with E-state index in [1.165, 1.54) is 6.07 Å². The molecule has 1 aliphatic heterocycles. The number of urea groups is 1. The van der Waals surface area contributed by atoms with E-state index in [1.54, 1.807) is 24.0 Å². The highest BCUT2D eigenvalue weighted by Gasteiger charge is 2.28. The molecule has 1 aromatic carbocycles. The molecule has 2 rings (SSSR count). The van der Waals surface area contributed by atoms with Crippen LogP contribution >= 0.6 is 0 Å². The molecule has 134 valence electrons. The van der Waals surface area contributed by atoms with Gasteiger partial charge in [-0.1, -0.05) is 26.0 Å². The molecule has 0 aliphatic carbocycles. The van der Waals surface area contributed by atoms with Gasteiger partial charge in [-0.3, -0.25) is 0 Å². The first-order valence-electron chi connectivity index (χ1n) is 8.08. The van der Waals surface area contributed by atoms with Gasteiger partial charge in [-0.05, 0) is 30.9 Å². The molecule has 1 atom stereocenters. The maximum Gasteiger partial charge on any atom is 0.387 e. The minimum absolute atomic E-state index is 0.0257. The van der Waals surface area contributed by atoms with Crippen molar-refractivity contribution in [3.63, 3.8) is 0 Å². The monoisotopic (exact) mass is 342 g/mol. The van der Waals surface area contributed by atoms with Gasteiger partial charge >= 0.3 is 12.6 Å². The van der Waals surface area contributed by atoms with E-state index in [2.05, 4.69) is 23.9 Å². The Morgan fingerprint density at radius 2 is 2.21 bits per heavy atom. The largest absolute Gasteiger partial charge is 0.433 e. The molecule has 1 N–H and O–H groups in total. The summed E-state index contributed by atoms with van der Waals surface area (Å²) in [6.07, 6.45) is 0.821. The summed E-state index contributed by atoms with van der Waals surface area (Å²) in [5.74, 6) is 0.384. The summed E-state index contributed by atoms with van der Waals surface area (Å²) in [5.41, 5.74) is 0.938. The summed E-state index contributed by atoms with van der Waals surface area (Å²) in [4.78, 5) is 14.4. The summed E-state index contributed by atoms with van der Waals surface area (Å²) < 4.78 is 35.1. The zero-order chi connectivity index (χ0) is 17.7. The molecule has 1 fully saturated rings.